The van der Waals surface area contributed by atoms with Gasteiger partial charge in [0.1, 0.15) is 34.8 Å². The van der Waals surface area contributed by atoms with Crippen LogP contribution in [-0.4, -0.2) is 75.0 Å². The molecule has 1 atom stereocenters. The van der Waals surface area contributed by atoms with Crippen LogP contribution < -0.4 is 15.0 Å². The van der Waals surface area contributed by atoms with E-state index in [0.29, 0.717) is 48.9 Å². The Morgan fingerprint density at radius 2 is 1.76 bits per heavy atom. The third kappa shape index (κ3) is 6.67. The van der Waals surface area contributed by atoms with Crippen LogP contribution >= 0.6 is 12.2 Å². The van der Waals surface area contributed by atoms with Crippen molar-refractivity contribution in [1.29, 1.82) is 0 Å². The molecule has 10 nitrogen and oxygen atoms in total. The number of likely N-dealkylation sites (N-methyl/N-ethyl adjacent to an activating group) is 1. The van der Waals surface area contributed by atoms with Crippen LogP contribution in [0.4, 0.5) is 10.5 Å². The number of anilines is 1. The molecule has 0 aliphatic carbocycles. The Labute approximate surface area is 245 Å². The number of para-hydroxylation sites is 2. The molecule has 0 radical (unpaired) electrons. The highest BCUT2D eigenvalue weighted by molar-refractivity contribution is 7.80. The maximum atomic E-state index is 13.5. The summed E-state index contributed by atoms with van der Waals surface area (Å²) in [5, 5.41) is 7.68. The van der Waals surface area contributed by atoms with Gasteiger partial charge in [-0.3, -0.25) is 4.79 Å². The number of amides is 2. The van der Waals surface area contributed by atoms with Gasteiger partial charge in [-0.25, -0.2) is 14.5 Å². The molecule has 2 aliphatic heterocycles. The molecule has 5 rings (SSSR count). The maximum Gasteiger partial charge on any atom is 0.410 e. The topological polar surface area (TPSA) is 102 Å². The number of nitrogens with zero attached hydrogens (tertiary/aromatic N) is 5. The summed E-state index contributed by atoms with van der Waals surface area (Å²) < 4.78 is 13.4. The highest BCUT2D eigenvalue weighted by Crippen LogP contribution is 2.30. The standard InChI is InChI=1S/C30H36N6O4S/c1-30(2,3)40-29(38)35-16-14-21(15-17-35)36-25(18-20-10-6-5-7-11-20)32-26(33-36)27(37)31-22-19-39-24-13-9-8-12-23(24)34(4)28(22)41/h5-13,21-22H,14-19H2,1-4H3,(H,31,37)/t22-/m0/s1. The molecule has 11 heteroatoms. The predicted molar refractivity (Wildman–Crippen MR) is 160 cm³/mol. The number of fused-ring (bicyclic) bond motifs is 1. The van der Waals surface area contributed by atoms with Crippen molar-refractivity contribution in [1.82, 2.24) is 25.0 Å². The Balaban J connectivity index is 1.33. The summed E-state index contributed by atoms with van der Waals surface area (Å²) in [4.78, 5) is 34.9. The molecular weight excluding hydrogens is 540 g/mol. The second-order valence-electron chi connectivity index (χ2n) is 11.4. The van der Waals surface area contributed by atoms with Gasteiger partial charge in [0, 0.05) is 26.6 Å². The average Bonchev–Trinajstić information content (AvgIpc) is 3.33. The molecule has 3 aromatic rings. The van der Waals surface area contributed by atoms with Gasteiger partial charge in [0.25, 0.3) is 5.91 Å². The molecule has 1 aromatic heterocycles. The van der Waals surface area contributed by atoms with E-state index in [-0.39, 0.29) is 24.6 Å². The zero-order valence-electron chi connectivity index (χ0n) is 23.9. The minimum absolute atomic E-state index is 0.00984. The number of hydrogen-bond donors (Lipinski definition) is 1. The van der Waals surface area contributed by atoms with E-state index in [1.54, 1.807) is 4.90 Å². The van der Waals surface area contributed by atoms with E-state index in [1.807, 2.05) is 92.0 Å². The van der Waals surface area contributed by atoms with E-state index in [4.69, 9.17) is 31.8 Å². The van der Waals surface area contributed by atoms with Crippen LogP contribution in [0.3, 0.4) is 0 Å². The number of piperidine rings is 1. The van der Waals surface area contributed by atoms with E-state index in [0.717, 1.165) is 11.3 Å². The maximum absolute atomic E-state index is 13.5. The minimum Gasteiger partial charge on any atom is -0.489 e. The molecule has 0 saturated carbocycles. The lowest BCUT2D eigenvalue weighted by Gasteiger charge is -2.33. The second kappa shape index (κ2) is 11.9. The number of carbonyl (C=O) groups excluding carboxylic acids is 2. The van der Waals surface area contributed by atoms with Crippen molar-refractivity contribution in [3.8, 4) is 5.75 Å². The third-order valence-corrected chi connectivity index (χ3v) is 7.70. The molecule has 1 saturated heterocycles. The quantitative estimate of drug-likeness (QED) is 0.446. The average molecular weight is 577 g/mol. The van der Waals surface area contributed by atoms with Crippen molar-refractivity contribution in [2.75, 3.05) is 31.6 Å². The van der Waals surface area contributed by atoms with Crippen molar-refractivity contribution < 1.29 is 19.1 Å². The molecular formula is C30H36N6O4S. The second-order valence-corrected chi connectivity index (χ2v) is 11.8. The van der Waals surface area contributed by atoms with E-state index < -0.39 is 17.6 Å². The van der Waals surface area contributed by atoms with Crippen LogP contribution in [0.1, 0.15) is 61.7 Å². The number of rotatable bonds is 5. The fraction of sp³-hybridized carbons (Fsp3) is 0.433. The fourth-order valence-electron chi connectivity index (χ4n) is 5.04. The summed E-state index contributed by atoms with van der Waals surface area (Å²) in [5.41, 5.74) is 1.37. The van der Waals surface area contributed by atoms with Crippen LogP contribution in [0, 0.1) is 0 Å². The SMILES string of the molecule is CN1C(=S)[C@@H](NC(=O)c2nc(Cc3ccccc3)n(C3CCN(C(=O)OC(C)(C)C)CC3)n2)COc2ccccc21. The zero-order chi connectivity index (χ0) is 29.1. The molecule has 1 fully saturated rings. The van der Waals surface area contributed by atoms with E-state index in [1.165, 1.54) is 0 Å². The molecule has 0 spiro atoms. The van der Waals surface area contributed by atoms with Crippen molar-refractivity contribution in [3.63, 3.8) is 0 Å². The Hall–Kier alpha value is -3.99. The Morgan fingerprint density at radius 3 is 2.46 bits per heavy atom. The van der Waals surface area contributed by atoms with Gasteiger partial charge in [0.2, 0.25) is 5.82 Å². The van der Waals surface area contributed by atoms with Gasteiger partial charge in [-0.15, -0.1) is 5.10 Å². The molecule has 0 unspecified atom stereocenters. The third-order valence-electron chi connectivity index (χ3n) is 7.14. The van der Waals surface area contributed by atoms with Crippen LogP contribution in [0.2, 0.25) is 0 Å². The van der Waals surface area contributed by atoms with Crippen molar-refractivity contribution in [2.45, 2.75) is 57.7 Å². The monoisotopic (exact) mass is 576 g/mol. The number of carbonyl (C=O) groups is 2. The number of aromatic nitrogens is 3. The number of nitrogens with one attached hydrogen (secondary N) is 1. The van der Waals surface area contributed by atoms with E-state index in [2.05, 4.69) is 5.32 Å². The predicted octanol–water partition coefficient (Wildman–Crippen LogP) is 4.40. The molecule has 2 amide bonds. The highest BCUT2D eigenvalue weighted by atomic mass is 32.1. The summed E-state index contributed by atoms with van der Waals surface area (Å²) in [6.07, 6.45) is 1.56. The first-order valence-electron chi connectivity index (χ1n) is 13.9. The Kier molecular flexibility index (Phi) is 8.25. The van der Waals surface area contributed by atoms with Gasteiger partial charge in [0.05, 0.1) is 11.7 Å². The first-order chi connectivity index (χ1) is 19.6. The lowest BCUT2D eigenvalue weighted by molar-refractivity contribution is 0.0184. The smallest absolute Gasteiger partial charge is 0.410 e. The number of benzene rings is 2. The van der Waals surface area contributed by atoms with Gasteiger partial charge in [-0.1, -0.05) is 54.7 Å². The number of ether oxygens (including phenoxy) is 2. The van der Waals surface area contributed by atoms with Gasteiger partial charge in [0.15, 0.2) is 0 Å². The molecule has 216 valence electrons. The first-order valence-corrected chi connectivity index (χ1v) is 14.3. The molecule has 3 heterocycles. The Morgan fingerprint density at radius 1 is 1.07 bits per heavy atom. The van der Waals surface area contributed by atoms with Gasteiger partial charge in [-0.05, 0) is 51.3 Å². The number of thiocarbonyl (C=S) groups is 1. The first kappa shape index (κ1) is 28.5. The fourth-order valence-corrected chi connectivity index (χ4v) is 5.27. The lowest BCUT2D eigenvalue weighted by Crippen LogP contribution is -2.48. The van der Waals surface area contributed by atoms with Gasteiger partial charge in [-0.2, -0.15) is 0 Å². The number of likely N-dealkylation sites (tertiary alicyclic amines) is 1. The normalized spacial score (nSPS) is 17.9. The van der Waals surface area contributed by atoms with E-state index >= 15 is 0 Å². The van der Waals surface area contributed by atoms with Crippen LogP contribution in [0.15, 0.2) is 54.6 Å². The van der Waals surface area contributed by atoms with Crippen LogP contribution in [0.5, 0.6) is 5.75 Å². The summed E-state index contributed by atoms with van der Waals surface area (Å²) in [6.45, 7) is 6.85. The summed E-state index contributed by atoms with van der Waals surface area (Å²) in [5.74, 6) is 1.07. The van der Waals surface area contributed by atoms with Crippen molar-refractivity contribution >= 4 is 34.9 Å². The molecule has 2 aromatic carbocycles. The number of hydrogen-bond acceptors (Lipinski definition) is 7. The summed E-state index contributed by atoms with van der Waals surface area (Å²) >= 11 is 5.71. The molecule has 1 N–H and O–H groups in total. The highest BCUT2D eigenvalue weighted by Gasteiger charge is 2.32. The van der Waals surface area contributed by atoms with Gasteiger partial charge >= 0.3 is 6.09 Å². The largest absolute Gasteiger partial charge is 0.489 e. The van der Waals surface area contributed by atoms with Crippen LogP contribution in [-0.2, 0) is 11.2 Å². The van der Waals surface area contributed by atoms with Gasteiger partial charge < -0.3 is 24.6 Å². The minimum atomic E-state index is -0.548. The molecule has 41 heavy (non-hydrogen) atoms. The van der Waals surface area contributed by atoms with Crippen molar-refractivity contribution in [3.05, 3.63) is 71.8 Å². The van der Waals surface area contributed by atoms with Crippen LogP contribution in [0.25, 0.3) is 0 Å². The zero-order valence-corrected chi connectivity index (χ0v) is 24.7. The molecule has 0 bridgehead atoms. The van der Waals surface area contributed by atoms with Crippen molar-refractivity contribution in [2.24, 2.45) is 0 Å². The molecule has 2 aliphatic rings. The lowest BCUT2D eigenvalue weighted by atomic mass is 10.0. The summed E-state index contributed by atoms with van der Waals surface area (Å²) in [7, 11) is 1.86. The van der Waals surface area contributed by atoms with E-state index in [9.17, 15) is 9.59 Å². The Bertz CT molecular complexity index is 1410. The summed E-state index contributed by atoms with van der Waals surface area (Å²) in [6, 6.07) is 17.1.